The Morgan fingerprint density at radius 2 is 1.86 bits per heavy atom. The molecule has 1 fully saturated rings. The largest absolute Gasteiger partial charge is 0.497 e. The number of rotatable bonds is 2. The summed E-state index contributed by atoms with van der Waals surface area (Å²) >= 11 is 0. The summed E-state index contributed by atoms with van der Waals surface area (Å²) in [6.07, 6.45) is 4.44. The number of methoxy groups -OCH3 is 1. The molecule has 1 unspecified atom stereocenters. The molecule has 1 atom stereocenters. The Bertz CT molecular complexity index is 491. The summed E-state index contributed by atoms with van der Waals surface area (Å²) in [6, 6.07) is 8.28. The van der Waals surface area contributed by atoms with Gasteiger partial charge in [0.25, 0.3) is 0 Å². The molecular formula is C18H28N2O2. The van der Waals surface area contributed by atoms with E-state index in [1.165, 1.54) is 12.0 Å². The second kappa shape index (κ2) is 7.03. The van der Waals surface area contributed by atoms with Gasteiger partial charge in [0.05, 0.1) is 13.2 Å². The van der Waals surface area contributed by atoms with Gasteiger partial charge in [-0.05, 0) is 51.3 Å². The highest BCUT2D eigenvalue weighted by molar-refractivity contribution is 5.75. The van der Waals surface area contributed by atoms with Crippen molar-refractivity contribution in [3.8, 4) is 5.75 Å². The molecule has 1 aliphatic heterocycles. The minimum Gasteiger partial charge on any atom is -0.497 e. The number of nitrogens with one attached hydrogen (secondary N) is 1. The average Bonchev–Trinajstić information content (AvgIpc) is 2.71. The molecule has 122 valence electrons. The topological polar surface area (TPSA) is 41.6 Å². The fraction of sp³-hybridized carbons (Fsp3) is 0.611. The van der Waals surface area contributed by atoms with E-state index < -0.39 is 0 Å². The summed E-state index contributed by atoms with van der Waals surface area (Å²) in [6.45, 7) is 6.87. The van der Waals surface area contributed by atoms with Gasteiger partial charge in [0.15, 0.2) is 0 Å². The van der Waals surface area contributed by atoms with Gasteiger partial charge in [0.1, 0.15) is 5.75 Å². The van der Waals surface area contributed by atoms with Crippen LogP contribution in [0.5, 0.6) is 5.75 Å². The molecule has 1 heterocycles. The fourth-order valence-corrected chi connectivity index (χ4v) is 2.92. The van der Waals surface area contributed by atoms with Gasteiger partial charge in [-0.3, -0.25) is 0 Å². The Morgan fingerprint density at radius 3 is 2.45 bits per heavy atom. The Hall–Kier alpha value is -1.71. The molecule has 1 N–H and O–H groups in total. The standard InChI is InChI=1S/C18H28N2O2/c1-18(2,3)19-17(21)20-13-7-5-6-8-16(20)14-9-11-15(22-4)12-10-14/h9-12,16H,5-8,13H2,1-4H3,(H,19,21). The molecule has 0 aromatic heterocycles. The SMILES string of the molecule is COc1ccc(C2CCCCCN2C(=O)NC(C)(C)C)cc1. The number of hydrogen-bond donors (Lipinski definition) is 1. The number of carbonyl (C=O) groups is 1. The molecule has 22 heavy (non-hydrogen) atoms. The number of amides is 2. The Labute approximate surface area is 133 Å². The molecule has 2 rings (SSSR count). The molecule has 1 aromatic carbocycles. The molecule has 0 aliphatic carbocycles. The van der Waals surface area contributed by atoms with Crippen molar-refractivity contribution in [2.24, 2.45) is 0 Å². The van der Waals surface area contributed by atoms with Crippen molar-refractivity contribution in [1.29, 1.82) is 0 Å². The highest BCUT2D eigenvalue weighted by Crippen LogP contribution is 2.31. The molecule has 1 aliphatic rings. The van der Waals surface area contributed by atoms with E-state index in [1.807, 2.05) is 37.8 Å². The number of hydrogen-bond acceptors (Lipinski definition) is 2. The summed E-state index contributed by atoms with van der Waals surface area (Å²) < 4.78 is 5.23. The van der Waals surface area contributed by atoms with Crippen LogP contribution in [0.15, 0.2) is 24.3 Å². The second-order valence-electron chi connectivity index (χ2n) is 7.01. The Morgan fingerprint density at radius 1 is 1.18 bits per heavy atom. The molecular weight excluding hydrogens is 276 g/mol. The molecule has 0 bridgehead atoms. The van der Waals surface area contributed by atoms with E-state index in [-0.39, 0.29) is 17.6 Å². The lowest BCUT2D eigenvalue weighted by Crippen LogP contribution is -2.49. The predicted octanol–water partition coefficient (Wildman–Crippen LogP) is 4.12. The molecule has 1 aromatic rings. The van der Waals surface area contributed by atoms with Crippen LogP contribution in [0.2, 0.25) is 0 Å². The maximum atomic E-state index is 12.7. The number of ether oxygens (including phenoxy) is 1. The molecule has 4 heteroatoms. The zero-order valence-corrected chi connectivity index (χ0v) is 14.2. The van der Waals surface area contributed by atoms with Crippen molar-refractivity contribution in [2.75, 3.05) is 13.7 Å². The molecule has 0 saturated carbocycles. The first-order valence-electron chi connectivity index (χ1n) is 8.13. The first-order chi connectivity index (χ1) is 10.4. The van der Waals surface area contributed by atoms with Gasteiger partial charge in [-0.1, -0.05) is 25.0 Å². The van der Waals surface area contributed by atoms with Gasteiger partial charge >= 0.3 is 6.03 Å². The van der Waals surface area contributed by atoms with E-state index in [1.54, 1.807) is 7.11 Å². The first-order valence-corrected chi connectivity index (χ1v) is 8.13. The van der Waals surface area contributed by atoms with Gasteiger partial charge in [0.2, 0.25) is 0 Å². The number of carbonyl (C=O) groups excluding carboxylic acids is 1. The van der Waals surface area contributed by atoms with E-state index in [2.05, 4.69) is 17.4 Å². The summed E-state index contributed by atoms with van der Waals surface area (Å²) in [4.78, 5) is 14.7. The maximum absolute atomic E-state index is 12.7. The van der Waals surface area contributed by atoms with Crippen molar-refractivity contribution < 1.29 is 9.53 Å². The third-order valence-corrected chi connectivity index (χ3v) is 4.00. The molecule has 4 nitrogen and oxygen atoms in total. The fourth-order valence-electron chi connectivity index (χ4n) is 2.92. The lowest BCUT2D eigenvalue weighted by atomic mass is 10.0. The number of likely N-dealkylation sites (tertiary alicyclic amines) is 1. The zero-order valence-electron chi connectivity index (χ0n) is 14.2. The van der Waals surface area contributed by atoms with Crippen molar-refractivity contribution in [3.05, 3.63) is 29.8 Å². The first kappa shape index (κ1) is 16.7. The van der Waals surface area contributed by atoms with Gasteiger partial charge in [-0.15, -0.1) is 0 Å². The number of nitrogens with zero attached hydrogens (tertiary/aromatic N) is 1. The Kier molecular flexibility index (Phi) is 5.33. The van der Waals surface area contributed by atoms with Crippen LogP contribution in [0.1, 0.15) is 58.1 Å². The van der Waals surface area contributed by atoms with Crippen LogP contribution in [0, 0.1) is 0 Å². The van der Waals surface area contributed by atoms with Crippen LogP contribution >= 0.6 is 0 Å². The van der Waals surface area contributed by atoms with Crippen molar-refractivity contribution in [3.63, 3.8) is 0 Å². The third-order valence-electron chi connectivity index (χ3n) is 4.00. The Balaban J connectivity index is 2.21. The van der Waals surface area contributed by atoms with Gasteiger partial charge in [0, 0.05) is 12.1 Å². The zero-order chi connectivity index (χ0) is 16.2. The van der Waals surface area contributed by atoms with E-state index in [9.17, 15) is 4.79 Å². The summed E-state index contributed by atoms with van der Waals surface area (Å²) in [5, 5.41) is 3.10. The monoisotopic (exact) mass is 304 g/mol. The predicted molar refractivity (Wildman–Crippen MR) is 89.2 cm³/mol. The van der Waals surface area contributed by atoms with Crippen LogP contribution in [-0.2, 0) is 0 Å². The maximum Gasteiger partial charge on any atom is 0.318 e. The smallest absolute Gasteiger partial charge is 0.318 e. The van der Waals surface area contributed by atoms with Crippen LogP contribution in [0.4, 0.5) is 4.79 Å². The third kappa shape index (κ3) is 4.39. The van der Waals surface area contributed by atoms with Crippen molar-refractivity contribution in [2.45, 2.75) is 58.0 Å². The van der Waals surface area contributed by atoms with Crippen LogP contribution < -0.4 is 10.1 Å². The highest BCUT2D eigenvalue weighted by atomic mass is 16.5. The van der Waals surface area contributed by atoms with Gasteiger partial charge in [-0.25, -0.2) is 4.79 Å². The molecule has 0 radical (unpaired) electrons. The summed E-state index contributed by atoms with van der Waals surface area (Å²) in [5.41, 5.74) is 0.972. The highest BCUT2D eigenvalue weighted by Gasteiger charge is 2.28. The number of urea groups is 1. The van der Waals surface area contributed by atoms with E-state index in [0.29, 0.717) is 0 Å². The number of benzene rings is 1. The van der Waals surface area contributed by atoms with Crippen LogP contribution in [-0.4, -0.2) is 30.1 Å². The van der Waals surface area contributed by atoms with E-state index >= 15 is 0 Å². The van der Waals surface area contributed by atoms with Gasteiger partial charge in [-0.2, -0.15) is 0 Å². The summed E-state index contributed by atoms with van der Waals surface area (Å²) in [7, 11) is 1.67. The minimum atomic E-state index is -0.214. The van der Waals surface area contributed by atoms with Crippen LogP contribution in [0.25, 0.3) is 0 Å². The quantitative estimate of drug-likeness (QED) is 0.893. The summed E-state index contributed by atoms with van der Waals surface area (Å²) in [5.74, 6) is 0.850. The second-order valence-corrected chi connectivity index (χ2v) is 7.01. The van der Waals surface area contributed by atoms with E-state index in [0.717, 1.165) is 31.6 Å². The van der Waals surface area contributed by atoms with Crippen LogP contribution in [0.3, 0.4) is 0 Å². The molecule has 1 saturated heterocycles. The van der Waals surface area contributed by atoms with Crippen molar-refractivity contribution in [1.82, 2.24) is 10.2 Å². The molecule has 0 spiro atoms. The normalized spacial score (nSPS) is 19.5. The average molecular weight is 304 g/mol. The molecule has 2 amide bonds. The minimum absolute atomic E-state index is 0.0372. The lowest BCUT2D eigenvalue weighted by Gasteiger charge is -2.33. The van der Waals surface area contributed by atoms with E-state index in [4.69, 9.17) is 4.74 Å². The van der Waals surface area contributed by atoms with Gasteiger partial charge < -0.3 is 15.0 Å². The van der Waals surface area contributed by atoms with Crippen molar-refractivity contribution >= 4 is 6.03 Å². The lowest BCUT2D eigenvalue weighted by molar-refractivity contribution is 0.167.